The van der Waals surface area contributed by atoms with Gasteiger partial charge in [-0.25, -0.2) is 0 Å². The number of carbonyl (C=O) groups is 1. The summed E-state index contributed by atoms with van der Waals surface area (Å²) in [4.78, 5) is 14.7. The van der Waals surface area contributed by atoms with E-state index in [9.17, 15) is 4.79 Å². The van der Waals surface area contributed by atoms with Gasteiger partial charge in [0.25, 0.3) is 0 Å². The second kappa shape index (κ2) is 5.25. The van der Waals surface area contributed by atoms with Crippen molar-refractivity contribution >= 4 is 21.9 Å². The van der Waals surface area contributed by atoms with Gasteiger partial charge in [0.1, 0.15) is 0 Å². The molecule has 1 aromatic carbocycles. The molecule has 0 unspecified atom stereocenters. The highest BCUT2D eigenvalue weighted by Crippen LogP contribution is 2.46. The predicted molar refractivity (Wildman–Crippen MR) is 77.0 cm³/mol. The first kappa shape index (κ1) is 13.1. The minimum absolute atomic E-state index is 0.0248. The van der Waals surface area contributed by atoms with Crippen molar-refractivity contribution in [2.75, 3.05) is 13.7 Å². The van der Waals surface area contributed by atoms with Crippen molar-refractivity contribution in [2.24, 2.45) is 11.8 Å². The van der Waals surface area contributed by atoms with Crippen molar-refractivity contribution in [2.45, 2.75) is 23.8 Å². The fraction of sp³-hybridized carbons (Fsp3) is 0.533. The maximum atomic E-state index is 11.9. The number of fused-ring (bicyclic) bond motifs is 2. The van der Waals surface area contributed by atoms with Crippen LogP contribution in [0.25, 0.3) is 0 Å². The molecule has 1 aromatic rings. The molecule has 1 aliphatic heterocycles. The molecule has 0 spiro atoms. The molecule has 0 N–H and O–H groups in total. The molecule has 0 radical (unpaired) electrons. The zero-order valence-corrected chi connectivity index (χ0v) is 12.5. The minimum Gasteiger partial charge on any atom is -0.469 e. The Morgan fingerprint density at radius 1 is 1.42 bits per heavy atom. The Labute approximate surface area is 122 Å². The average molecular weight is 324 g/mol. The third-order valence-corrected chi connectivity index (χ3v) is 5.66. The summed E-state index contributed by atoms with van der Waals surface area (Å²) in [5.41, 5.74) is 1.30. The van der Waals surface area contributed by atoms with Gasteiger partial charge in [0.2, 0.25) is 0 Å². The van der Waals surface area contributed by atoms with Gasteiger partial charge >= 0.3 is 5.97 Å². The number of alkyl halides is 1. The standard InChI is InChI=1S/C15H18BrNO2/c1-19-15(18)12-7-11-9-17(14(12)13(11)16)8-10-5-3-2-4-6-10/h2-6,11-14H,7-9H2,1H3/t11-,12+,13-,14+/m0/s1. The molecule has 1 saturated carbocycles. The van der Waals surface area contributed by atoms with Gasteiger partial charge in [-0.05, 0) is 17.9 Å². The topological polar surface area (TPSA) is 29.5 Å². The Morgan fingerprint density at radius 3 is 2.79 bits per heavy atom. The Kier molecular flexibility index (Phi) is 3.63. The molecular formula is C15H18BrNO2. The van der Waals surface area contributed by atoms with Crippen molar-refractivity contribution < 1.29 is 9.53 Å². The number of hydrogen-bond acceptors (Lipinski definition) is 3. The van der Waals surface area contributed by atoms with Crippen LogP contribution in [0.3, 0.4) is 0 Å². The number of nitrogens with zero attached hydrogens (tertiary/aromatic N) is 1. The summed E-state index contributed by atoms with van der Waals surface area (Å²) in [5, 5.41) is 0. The lowest BCUT2D eigenvalue weighted by atomic mass is 9.98. The van der Waals surface area contributed by atoms with Gasteiger partial charge in [-0.15, -0.1) is 0 Å². The van der Waals surface area contributed by atoms with E-state index in [-0.39, 0.29) is 17.9 Å². The molecule has 1 aliphatic carbocycles. The molecule has 2 fully saturated rings. The first-order chi connectivity index (χ1) is 9.20. The maximum Gasteiger partial charge on any atom is 0.310 e. The number of rotatable bonds is 3. The van der Waals surface area contributed by atoms with E-state index in [2.05, 4.69) is 45.1 Å². The summed E-state index contributed by atoms with van der Waals surface area (Å²) in [6.45, 7) is 1.99. The Bertz CT molecular complexity index is 464. The van der Waals surface area contributed by atoms with Crippen LogP contribution in [-0.4, -0.2) is 35.4 Å². The zero-order chi connectivity index (χ0) is 13.4. The summed E-state index contributed by atoms with van der Waals surface area (Å²) in [7, 11) is 1.49. The van der Waals surface area contributed by atoms with Gasteiger partial charge in [-0.2, -0.15) is 0 Å². The van der Waals surface area contributed by atoms with Crippen LogP contribution < -0.4 is 0 Å². The van der Waals surface area contributed by atoms with Gasteiger partial charge in [-0.3, -0.25) is 9.69 Å². The van der Waals surface area contributed by atoms with Crippen LogP contribution in [0.1, 0.15) is 12.0 Å². The highest BCUT2D eigenvalue weighted by atomic mass is 79.9. The molecule has 4 atom stereocenters. The van der Waals surface area contributed by atoms with Gasteiger partial charge in [-0.1, -0.05) is 46.3 Å². The monoisotopic (exact) mass is 323 g/mol. The summed E-state index contributed by atoms with van der Waals surface area (Å²) in [5.74, 6) is 0.532. The van der Waals surface area contributed by atoms with Crippen molar-refractivity contribution in [3.05, 3.63) is 35.9 Å². The molecule has 3 rings (SSSR count). The number of hydrogen-bond donors (Lipinski definition) is 0. The normalized spacial score (nSPS) is 33.6. The van der Waals surface area contributed by atoms with Crippen LogP contribution in [-0.2, 0) is 16.1 Å². The van der Waals surface area contributed by atoms with E-state index in [1.54, 1.807) is 0 Å². The first-order valence-corrected chi connectivity index (χ1v) is 7.62. The second-order valence-corrected chi connectivity index (χ2v) is 6.53. The summed E-state index contributed by atoms with van der Waals surface area (Å²) >= 11 is 3.77. The highest BCUT2D eigenvalue weighted by molar-refractivity contribution is 9.09. The van der Waals surface area contributed by atoms with Crippen LogP contribution in [0.2, 0.25) is 0 Å². The van der Waals surface area contributed by atoms with E-state index in [1.807, 2.05) is 6.07 Å². The third-order valence-electron chi connectivity index (χ3n) is 4.37. The Hall–Kier alpha value is -0.870. The Morgan fingerprint density at radius 2 is 2.16 bits per heavy atom. The summed E-state index contributed by atoms with van der Waals surface area (Å²) in [6.07, 6.45) is 0.957. The smallest absolute Gasteiger partial charge is 0.310 e. The number of carbonyl (C=O) groups excluding carboxylic acids is 1. The lowest BCUT2D eigenvalue weighted by Crippen LogP contribution is -2.42. The number of likely N-dealkylation sites (tertiary alicyclic amines) is 1. The summed E-state index contributed by atoms with van der Waals surface area (Å²) in [6, 6.07) is 10.7. The average Bonchev–Trinajstić information content (AvgIpc) is 2.91. The maximum absolute atomic E-state index is 11.9. The van der Waals surface area contributed by atoms with E-state index < -0.39 is 0 Å². The zero-order valence-electron chi connectivity index (χ0n) is 11.0. The Balaban J connectivity index is 1.76. The first-order valence-electron chi connectivity index (χ1n) is 6.70. The molecule has 1 heterocycles. The van der Waals surface area contributed by atoms with E-state index in [0.29, 0.717) is 10.7 Å². The van der Waals surface area contributed by atoms with Gasteiger partial charge in [0.15, 0.2) is 0 Å². The van der Waals surface area contributed by atoms with Gasteiger partial charge in [0.05, 0.1) is 13.0 Å². The second-order valence-electron chi connectivity index (χ2n) is 5.48. The van der Waals surface area contributed by atoms with Gasteiger partial charge in [0, 0.05) is 24.0 Å². The molecule has 2 aliphatic rings. The van der Waals surface area contributed by atoms with E-state index in [0.717, 1.165) is 19.5 Å². The van der Waals surface area contributed by atoms with E-state index in [1.165, 1.54) is 12.7 Å². The van der Waals surface area contributed by atoms with Crippen LogP contribution in [0.15, 0.2) is 30.3 Å². The predicted octanol–water partition coefficient (Wildman–Crippen LogP) is 2.44. The van der Waals surface area contributed by atoms with Gasteiger partial charge < -0.3 is 4.74 Å². The molecule has 2 bridgehead atoms. The molecule has 4 heteroatoms. The molecule has 3 nitrogen and oxygen atoms in total. The highest BCUT2D eigenvalue weighted by Gasteiger charge is 2.54. The van der Waals surface area contributed by atoms with Crippen molar-refractivity contribution in [3.63, 3.8) is 0 Å². The van der Waals surface area contributed by atoms with Crippen LogP contribution in [0.5, 0.6) is 0 Å². The quantitative estimate of drug-likeness (QED) is 0.632. The van der Waals surface area contributed by atoms with Crippen molar-refractivity contribution in [1.29, 1.82) is 0 Å². The number of ether oxygens (including phenoxy) is 1. The lowest BCUT2D eigenvalue weighted by Gasteiger charge is -2.31. The summed E-state index contributed by atoms with van der Waals surface area (Å²) < 4.78 is 4.95. The largest absolute Gasteiger partial charge is 0.469 e. The number of benzene rings is 1. The SMILES string of the molecule is COC(=O)[C@@H]1C[C@H]2CN(Cc3ccccc3)[C@H]1[C@H]2Br. The lowest BCUT2D eigenvalue weighted by molar-refractivity contribution is -0.148. The number of esters is 1. The van der Waals surface area contributed by atoms with Crippen LogP contribution >= 0.6 is 15.9 Å². The third kappa shape index (κ3) is 2.32. The molecule has 0 aromatic heterocycles. The number of methoxy groups -OCH3 is 1. The minimum atomic E-state index is -0.0605. The number of piperidine rings is 1. The molecule has 0 amide bonds. The van der Waals surface area contributed by atoms with E-state index >= 15 is 0 Å². The molecule has 1 saturated heterocycles. The van der Waals surface area contributed by atoms with E-state index in [4.69, 9.17) is 4.74 Å². The fourth-order valence-corrected chi connectivity index (χ4v) is 4.61. The fourth-order valence-electron chi connectivity index (χ4n) is 3.53. The van der Waals surface area contributed by atoms with Crippen LogP contribution in [0, 0.1) is 11.8 Å². The molecular weight excluding hydrogens is 306 g/mol. The molecule has 19 heavy (non-hydrogen) atoms. The van der Waals surface area contributed by atoms with Crippen molar-refractivity contribution in [1.82, 2.24) is 4.90 Å². The van der Waals surface area contributed by atoms with Crippen LogP contribution in [0.4, 0.5) is 0 Å². The van der Waals surface area contributed by atoms with Crippen molar-refractivity contribution in [3.8, 4) is 0 Å². The number of halogens is 1. The molecule has 102 valence electrons.